The molecule has 1 aliphatic carbocycles. The van der Waals surface area contributed by atoms with Gasteiger partial charge < -0.3 is 10.5 Å². The Hall–Kier alpha value is -1.09. The van der Waals surface area contributed by atoms with E-state index in [1.165, 1.54) is 19.3 Å². The normalized spacial score (nSPS) is 16.6. The minimum Gasteiger partial charge on any atom is -0.492 e. The Morgan fingerprint density at radius 1 is 1.44 bits per heavy atom. The van der Waals surface area contributed by atoms with Gasteiger partial charge in [-0.2, -0.15) is 0 Å². The van der Waals surface area contributed by atoms with Crippen LogP contribution in [0.5, 0.6) is 5.75 Å². The Labute approximate surface area is 110 Å². The Kier molecular flexibility index (Phi) is 4.59. The van der Waals surface area contributed by atoms with Crippen molar-refractivity contribution in [2.75, 3.05) is 6.61 Å². The van der Waals surface area contributed by atoms with Gasteiger partial charge in [-0.15, -0.1) is 0 Å². The summed E-state index contributed by atoms with van der Waals surface area (Å²) in [5.74, 6) is 1.83. The van der Waals surface area contributed by atoms with Crippen LogP contribution >= 0.6 is 0 Å². The monoisotopic (exact) mass is 248 g/mol. The molecule has 0 aromatic carbocycles. The van der Waals surface area contributed by atoms with Gasteiger partial charge in [-0.1, -0.05) is 19.8 Å². The van der Waals surface area contributed by atoms with Gasteiger partial charge in [0.15, 0.2) is 0 Å². The Balaban J connectivity index is 1.96. The second kappa shape index (κ2) is 6.19. The third kappa shape index (κ3) is 3.98. The van der Waals surface area contributed by atoms with Crippen molar-refractivity contribution < 1.29 is 4.74 Å². The van der Waals surface area contributed by atoms with Crippen molar-refractivity contribution in [2.45, 2.75) is 52.0 Å². The largest absolute Gasteiger partial charge is 0.492 e. The first-order valence-electron chi connectivity index (χ1n) is 7.04. The molecule has 0 bridgehead atoms. The summed E-state index contributed by atoms with van der Waals surface area (Å²) in [6.45, 7) is 4.92. The number of nitrogens with zero attached hydrogens (tertiary/aromatic N) is 1. The first-order chi connectivity index (χ1) is 8.69. The first-order valence-corrected chi connectivity index (χ1v) is 7.04. The highest BCUT2D eigenvalue weighted by atomic mass is 16.5. The molecular formula is C15H24N2O. The second-order valence-electron chi connectivity index (χ2n) is 5.35. The van der Waals surface area contributed by atoms with E-state index in [4.69, 9.17) is 10.5 Å². The zero-order chi connectivity index (χ0) is 13.0. The average molecular weight is 248 g/mol. The van der Waals surface area contributed by atoms with E-state index in [-0.39, 0.29) is 6.04 Å². The van der Waals surface area contributed by atoms with Crippen molar-refractivity contribution in [1.29, 1.82) is 0 Å². The molecule has 1 aromatic heterocycles. The molecule has 1 saturated carbocycles. The first kappa shape index (κ1) is 13.3. The van der Waals surface area contributed by atoms with Crippen LogP contribution in [0.2, 0.25) is 0 Å². The summed E-state index contributed by atoms with van der Waals surface area (Å²) in [7, 11) is 0. The van der Waals surface area contributed by atoms with E-state index in [0.29, 0.717) is 0 Å². The van der Waals surface area contributed by atoms with Crippen LogP contribution < -0.4 is 10.5 Å². The van der Waals surface area contributed by atoms with Crippen LogP contribution in [-0.4, -0.2) is 17.6 Å². The number of rotatable bonds is 7. The van der Waals surface area contributed by atoms with E-state index in [2.05, 4.69) is 11.9 Å². The van der Waals surface area contributed by atoms with E-state index in [9.17, 15) is 0 Å². The van der Waals surface area contributed by atoms with Crippen LogP contribution in [0.3, 0.4) is 0 Å². The number of pyridine rings is 1. The van der Waals surface area contributed by atoms with Crippen LogP contribution in [0.25, 0.3) is 0 Å². The minimum atomic E-state index is 0.171. The highest BCUT2D eigenvalue weighted by Gasteiger charge is 2.21. The Morgan fingerprint density at radius 3 is 2.89 bits per heavy atom. The van der Waals surface area contributed by atoms with Crippen molar-refractivity contribution in [1.82, 2.24) is 4.98 Å². The smallest absolute Gasteiger partial charge is 0.140 e. The van der Waals surface area contributed by atoms with E-state index < -0.39 is 0 Å². The molecule has 0 saturated heterocycles. The molecule has 0 amide bonds. The maximum atomic E-state index is 6.02. The van der Waals surface area contributed by atoms with E-state index in [1.54, 1.807) is 0 Å². The summed E-state index contributed by atoms with van der Waals surface area (Å²) in [5.41, 5.74) is 8.06. The van der Waals surface area contributed by atoms with Gasteiger partial charge in [-0.3, -0.25) is 4.98 Å². The van der Waals surface area contributed by atoms with Crippen molar-refractivity contribution in [3.63, 3.8) is 0 Å². The van der Waals surface area contributed by atoms with Gasteiger partial charge in [0.25, 0.3) is 0 Å². The minimum absolute atomic E-state index is 0.171. The topological polar surface area (TPSA) is 48.1 Å². The average Bonchev–Trinajstić information content (AvgIpc) is 3.16. The van der Waals surface area contributed by atoms with E-state index in [0.717, 1.165) is 42.5 Å². The lowest BCUT2D eigenvalue weighted by atomic mass is 10.1. The van der Waals surface area contributed by atoms with Crippen LogP contribution in [0, 0.1) is 12.8 Å². The summed E-state index contributed by atoms with van der Waals surface area (Å²) in [4.78, 5) is 4.57. The molecule has 1 aromatic rings. The molecule has 3 heteroatoms. The molecule has 100 valence electrons. The number of aryl methyl sites for hydroxylation is 1. The zero-order valence-corrected chi connectivity index (χ0v) is 11.5. The molecule has 1 unspecified atom stereocenters. The number of aromatic nitrogens is 1. The molecule has 2 rings (SSSR count). The molecular weight excluding hydrogens is 224 g/mol. The van der Waals surface area contributed by atoms with E-state index in [1.807, 2.05) is 19.1 Å². The van der Waals surface area contributed by atoms with Crippen LogP contribution in [0.15, 0.2) is 12.1 Å². The quantitative estimate of drug-likeness (QED) is 0.807. The lowest BCUT2D eigenvalue weighted by molar-refractivity contribution is 0.297. The van der Waals surface area contributed by atoms with Crippen molar-refractivity contribution in [3.05, 3.63) is 23.5 Å². The molecule has 18 heavy (non-hydrogen) atoms. The molecule has 2 N–H and O–H groups in total. The van der Waals surface area contributed by atoms with E-state index >= 15 is 0 Å². The van der Waals surface area contributed by atoms with Crippen molar-refractivity contribution >= 4 is 0 Å². The Morgan fingerprint density at radius 2 is 2.22 bits per heavy atom. The molecule has 1 fully saturated rings. The highest BCUT2D eigenvalue weighted by Crippen LogP contribution is 2.32. The second-order valence-corrected chi connectivity index (χ2v) is 5.35. The summed E-state index contributed by atoms with van der Waals surface area (Å²) in [5, 5.41) is 0. The third-order valence-corrected chi connectivity index (χ3v) is 3.53. The zero-order valence-electron chi connectivity index (χ0n) is 11.5. The maximum absolute atomic E-state index is 6.02. The van der Waals surface area contributed by atoms with Gasteiger partial charge in [0, 0.05) is 18.2 Å². The third-order valence-electron chi connectivity index (χ3n) is 3.53. The fraction of sp³-hybridized carbons (Fsp3) is 0.667. The van der Waals surface area contributed by atoms with Crippen LogP contribution in [-0.2, 0) is 6.42 Å². The molecule has 1 aliphatic rings. The van der Waals surface area contributed by atoms with Gasteiger partial charge >= 0.3 is 0 Å². The predicted octanol–water partition coefficient (Wildman–Crippen LogP) is 2.85. The molecule has 0 aliphatic heterocycles. The highest BCUT2D eigenvalue weighted by molar-refractivity contribution is 5.30. The predicted molar refractivity (Wildman–Crippen MR) is 73.8 cm³/mol. The summed E-state index contributed by atoms with van der Waals surface area (Å²) in [6, 6.07) is 4.21. The SMILES string of the molecule is CCC(N)Cc1nc(C)ccc1OCCC1CC1. The number of hydrogen-bond donors (Lipinski definition) is 1. The van der Waals surface area contributed by atoms with Gasteiger partial charge in [0.2, 0.25) is 0 Å². The number of hydrogen-bond acceptors (Lipinski definition) is 3. The number of nitrogens with two attached hydrogens (primary N) is 1. The fourth-order valence-electron chi connectivity index (χ4n) is 2.01. The maximum Gasteiger partial charge on any atom is 0.140 e. The summed E-state index contributed by atoms with van der Waals surface area (Å²) in [6.07, 6.45) is 5.70. The molecule has 0 spiro atoms. The molecule has 0 radical (unpaired) electrons. The van der Waals surface area contributed by atoms with Gasteiger partial charge in [0.05, 0.1) is 12.3 Å². The van der Waals surface area contributed by atoms with Crippen molar-refractivity contribution in [3.8, 4) is 5.75 Å². The van der Waals surface area contributed by atoms with Gasteiger partial charge in [-0.25, -0.2) is 0 Å². The summed E-state index contributed by atoms with van der Waals surface area (Å²) < 4.78 is 5.87. The lowest BCUT2D eigenvalue weighted by Crippen LogP contribution is -2.22. The lowest BCUT2D eigenvalue weighted by Gasteiger charge is -2.14. The van der Waals surface area contributed by atoms with Crippen LogP contribution in [0.1, 0.15) is 44.0 Å². The van der Waals surface area contributed by atoms with Gasteiger partial charge in [-0.05, 0) is 37.8 Å². The molecule has 1 atom stereocenters. The molecule has 1 heterocycles. The van der Waals surface area contributed by atoms with Gasteiger partial charge in [0.1, 0.15) is 5.75 Å². The number of ether oxygens (including phenoxy) is 1. The standard InChI is InChI=1S/C15H24N2O/c1-3-13(16)10-14-15(7-4-11(2)17-14)18-9-8-12-5-6-12/h4,7,12-13H,3,5-6,8-10,16H2,1-2H3. The summed E-state index contributed by atoms with van der Waals surface area (Å²) >= 11 is 0. The Bertz CT molecular complexity index is 388. The molecule has 3 nitrogen and oxygen atoms in total. The van der Waals surface area contributed by atoms with Crippen molar-refractivity contribution in [2.24, 2.45) is 11.7 Å². The fourth-order valence-corrected chi connectivity index (χ4v) is 2.01. The van der Waals surface area contributed by atoms with Crippen LogP contribution in [0.4, 0.5) is 0 Å².